The van der Waals surface area contributed by atoms with E-state index in [1.165, 1.54) is 0 Å². The summed E-state index contributed by atoms with van der Waals surface area (Å²) in [5, 5.41) is 10.1. The zero-order valence-electron chi connectivity index (χ0n) is 16.7. The van der Waals surface area contributed by atoms with E-state index >= 15 is 0 Å². The summed E-state index contributed by atoms with van der Waals surface area (Å²) in [5.41, 5.74) is 12.4. The molecule has 5 heteroatoms. The zero-order valence-corrected chi connectivity index (χ0v) is 16.7. The van der Waals surface area contributed by atoms with Crippen molar-refractivity contribution in [2.45, 2.75) is 26.5 Å². The summed E-state index contributed by atoms with van der Waals surface area (Å²) >= 11 is 0. The molecule has 4 rings (SSSR count). The van der Waals surface area contributed by atoms with Crippen molar-refractivity contribution in [2.24, 2.45) is 5.73 Å². The van der Waals surface area contributed by atoms with Gasteiger partial charge in [0, 0.05) is 23.1 Å². The number of hydrogen-bond donors (Lipinski definition) is 2. The van der Waals surface area contributed by atoms with Crippen molar-refractivity contribution < 1.29 is 19.1 Å². The molecule has 0 unspecified atom stereocenters. The molecule has 3 N–H and O–H groups in total. The Bertz CT molecular complexity index is 1210. The van der Waals surface area contributed by atoms with Crippen LogP contribution < -0.4 is 10.5 Å². The van der Waals surface area contributed by atoms with Crippen molar-refractivity contribution in [1.82, 2.24) is 0 Å². The highest BCUT2D eigenvalue weighted by atomic mass is 16.5. The van der Waals surface area contributed by atoms with Crippen molar-refractivity contribution in [2.75, 3.05) is 0 Å². The van der Waals surface area contributed by atoms with Crippen molar-refractivity contribution in [3.05, 3.63) is 89.2 Å². The molecule has 0 bridgehead atoms. The van der Waals surface area contributed by atoms with Crippen LogP contribution in [0.2, 0.25) is 0 Å². The Morgan fingerprint density at radius 1 is 1.03 bits per heavy atom. The summed E-state index contributed by atoms with van der Waals surface area (Å²) in [5.74, 6) is -0.305. The van der Waals surface area contributed by atoms with Crippen molar-refractivity contribution in [3.8, 4) is 16.9 Å². The van der Waals surface area contributed by atoms with E-state index in [2.05, 4.69) is 18.2 Å². The van der Waals surface area contributed by atoms with Crippen LogP contribution in [0.3, 0.4) is 0 Å². The molecule has 0 atom stereocenters. The zero-order chi connectivity index (χ0) is 21.1. The van der Waals surface area contributed by atoms with Gasteiger partial charge in [-0.3, -0.25) is 4.79 Å². The quantitative estimate of drug-likeness (QED) is 0.451. The minimum Gasteiger partial charge on any atom is -0.488 e. The molecule has 0 amide bonds. The van der Waals surface area contributed by atoms with Gasteiger partial charge in [-0.25, -0.2) is 0 Å². The van der Waals surface area contributed by atoms with Gasteiger partial charge in [-0.15, -0.1) is 0 Å². The number of hydrogen-bond acceptors (Lipinski definition) is 4. The van der Waals surface area contributed by atoms with Gasteiger partial charge in [0.1, 0.15) is 17.9 Å². The Labute approximate surface area is 174 Å². The van der Waals surface area contributed by atoms with E-state index in [1.807, 2.05) is 43.3 Å². The van der Waals surface area contributed by atoms with Gasteiger partial charge in [0.15, 0.2) is 0 Å². The molecule has 3 aromatic carbocycles. The number of aryl methyl sites for hydroxylation is 1. The molecule has 152 valence electrons. The first-order chi connectivity index (χ1) is 14.5. The smallest absolute Gasteiger partial charge is 0.307 e. The molecule has 30 heavy (non-hydrogen) atoms. The first-order valence-corrected chi connectivity index (χ1v) is 9.77. The van der Waals surface area contributed by atoms with Crippen molar-refractivity contribution >= 4 is 16.9 Å². The Morgan fingerprint density at radius 3 is 2.67 bits per heavy atom. The fourth-order valence-corrected chi connectivity index (χ4v) is 3.51. The first kappa shape index (κ1) is 19.7. The average Bonchev–Trinajstić information content (AvgIpc) is 3.16. The van der Waals surface area contributed by atoms with Gasteiger partial charge in [0.25, 0.3) is 0 Å². The summed E-state index contributed by atoms with van der Waals surface area (Å²) in [6, 6.07) is 19.8. The first-order valence-electron chi connectivity index (χ1n) is 9.77. The third-order valence-corrected chi connectivity index (χ3v) is 5.10. The lowest BCUT2D eigenvalue weighted by Gasteiger charge is -2.11. The molecular weight excluding hydrogens is 378 g/mol. The number of nitrogens with two attached hydrogens (primary N) is 1. The van der Waals surface area contributed by atoms with E-state index in [0.29, 0.717) is 17.9 Å². The fraction of sp³-hybridized carbons (Fsp3) is 0.160. The lowest BCUT2D eigenvalue weighted by Crippen LogP contribution is -2.04. The minimum atomic E-state index is -0.887. The lowest BCUT2D eigenvalue weighted by molar-refractivity contribution is -0.136. The highest BCUT2D eigenvalue weighted by molar-refractivity contribution is 5.86. The van der Waals surface area contributed by atoms with Crippen molar-refractivity contribution in [3.63, 3.8) is 0 Å². The minimum absolute atomic E-state index is 0.0800. The molecule has 0 radical (unpaired) electrons. The number of rotatable bonds is 7. The molecule has 0 saturated heterocycles. The molecule has 0 spiro atoms. The van der Waals surface area contributed by atoms with Crippen LogP contribution in [-0.2, 0) is 24.4 Å². The number of aliphatic carboxylic acids is 1. The van der Waals surface area contributed by atoms with Gasteiger partial charge >= 0.3 is 5.97 Å². The SMILES string of the molecule is Cc1ccc(CC(=O)O)c(OCc2coc3ccc(-c4cccc(CN)c4)cc23)c1. The topological polar surface area (TPSA) is 85.7 Å². The maximum atomic E-state index is 11.2. The van der Waals surface area contributed by atoms with Crippen LogP contribution in [0.15, 0.2) is 71.3 Å². The second-order valence-electron chi connectivity index (χ2n) is 7.35. The predicted octanol–water partition coefficient (Wildman–Crippen LogP) is 5.07. The monoisotopic (exact) mass is 401 g/mol. The molecule has 4 aromatic rings. The highest BCUT2D eigenvalue weighted by Crippen LogP contribution is 2.30. The largest absolute Gasteiger partial charge is 0.488 e. The molecule has 0 fully saturated rings. The van der Waals surface area contributed by atoms with Gasteiger partial charge in [0.05, 0.1) is 12.7 Å². The molecule has 0 aliphatic rings. The Morgan fingerprint density at radius 2 is 1.87 bits per heavy atom. The van der Waals surface area contributed by atoms with Crippen LogP contribution in [0.25, 0.3) is 22.1 Å². The van der Waals surface area contributed by atoms with Crippen LogP contribution in [0.5, 0.6) is 5.75 Å². The number of carbonyl (C=O) groups is 1. The summed E-state index contributed by atoms with van der Waals surface area (Å²) in [6.45, 7) is 2.73. The van der Waals surface area contributed by atoms with Gasteiger partial charge in [-0.2, -0.15) is 0 Å². The second-order valence-corrected chi connectivity index (χ2v) is 7.35. The van der Waals surface area contributed by atoms with Crippen LogP contribution in [-0.4, -0.2) is 11.1 Å². The second kappa shape index (κ2) is 8.43. The van der Waals surface area contributed by atoms with Gasteiger partial charge in [0.2, 0.25) is 0 Å². The summed E-state index contributed by atoms with van der Waals surface area (Å²) in [4.78, 5) is 11.2. The van der Waals surface area contributed by atoms with Crippen molar-refractivity contribution in [1.29, 1.82) is 0 Å². The maximum absolute atomic E-state index is 11.2. The van der Waals surface area contributed by atoms with Crippen LogP contribution in [0, 0.1) is 6.92 Å². The number of carboxylic acid groups (broad SMARTS) is 1. The lowest BCUT2D eigenvalue weighted by atomic mass is 10.0. The number of fused-ring (bicyclic) bond motifs is 1. The molecule has 1 aromatic heterocycles. The summed E-state index contributed by atoms with van der Waals surface area (Å²) < 4.78 is 11.7. The normalized spacial score (nSPS) is 11.0. The predicted molar refractivity (Wildman–Crippen MR) is 116 cm³/mol. The summed E-state index contributed by atoms with van der Waals surface area (Å²) in [6.07, 6.45) is 1.61. The van der Waals surface area contributed by atoms with Crippen LogP contribution in [0.4, 0.5) is 0 Å². The Balaban J connectivity index is 1.63. The van der Waals surface area contributed by atoms with Gasteiger partial charge in [-0.1, -0.05) is 36.4 Å². The molecule has 0 saturated carbocycles. The van der Waals surface area contributed by atoms with Crippen LogP contribution >= 0.6 is 0 Å². The standard InChI is InChI=1S/C25H23NO4/c1-16-5-6-20(12-25(27)28)24(9-16)30-15-21-14-29-23-8-7-19(11-22(21)23)18-4-2-3-17(10-18)13-26/h2-11,14H,12-13,15,26H2,1H3,(H,27,28). The Kier molecular flexibility index (Phi) is 5.55. The van der Waals surface area contributed by atoms with E-state index in [4.69, 9.17) is 20.0 Å². The van der Waals surface area contributed by atoms with E-state index in [9.17, 15) is 4.79 Å². The molecule has 0 aliphatic heterocycles. The highest BCUT2D eigenvalue weighted by Gasteiger charge is 2.12. The molecular formula is C25H23NO4. The molecule has 1 heterocycles. The maximum Gasteiger partial charge on any atom is 0.307 e. The van der Waals surface area contributed by atoms with Crippen LogP contribution in [0.1, 0.15) is 22.3 Å². The van der Waals surface area contributed by atoms with Gasteiger partial charge < -0.3 is 20.0 Å². The summed E-state index contributed by atoms with van der Waals surface area (Å²) in [7, 11) is 0. The number of carboxylic acids is 1. The Hall–Kier alpha value is -3.57. The van der Waals surface area contributed by atoms with E-state index in [1.54, 1.807) is 12.3 Å². The molecule has 0 aliphatic carbocycles. The van der Waals surface area contributed by atoms with E-state index in [-0.39, 0.29) is 13.0 Å². The number of furan rings is 1. The number of ether oxygens (including phenoxy) is 1. The van der Waals surface area contributed by atoms with E-state index in [0.717, 1.165) is 38.8 Å². The fourth-order valence-electron chi connectivity index (χ4n) is 3.51. The average molecular weight is 401 g/mol. The third-order valence-electron chi connectivity index (χ3n) is 5.10. The third kappa shape index (κ3) is 4.21. The van der Waals surface area contributed by atoms with E-state index < -0.39 is 5.97 Å². The number of benzene rings is 3. The van der Waals surface area contributed by atoms with Gasteiger partial charge in [-0.05, 0) is 53.4 Å². The molecule has 5 nitrogen and oxygen atoms in total.